The van der Waals surface area contributed by atoms with Gasteiger partial charge in [0, 0.05) is 24.6 Å². The van der Waals surface area contributed by atoms with Crippen LogP contribution in [0.3, 0.4) is 0 Å². The van der Waals surface area contributed by atoms with Gasteiger partial charge in [0.05, 0.1) is 13.2 Å². The van der Waals surface area contributed by atoms with E-state index in [0.717, 1.165) is 36.6 Å². The number of rotatable bonds is 5. The molecule has 6 nitrogen and oxygen atoms in total. The topological polar surface area (TPSA) is 63.7 Å². The van der Waals surface area contributed by atoms with Crippen molar-refractivity contribution in [2.45, 2.75) is 25.9 Å². The van der Waals surface area contributed by atoms with Gasteiger partial charge in [0.25, 0.3) is 0 Å². The summed E-state index contributed by atoms with van der Waals surface area (Å²) < 4.78 is 11.4. The lowest BCUT2D eigenvalue weighted by Gasteiger charge is -2.32. The van der Waals surface area contributed by atoms with Crippen LogP contribution < -0.4 is 14.8 Å². The number of hydrogen-bond donors (Lipinski definition) is 1. The molecule has 0 spiro atoms. The maximum Gasteiger partial charge on any atom is 0.321 e. The van der Waals surface area contributed by atoms with Crippen LogP contribution in [-0.2, 0) is 0 Å². The molecule has 1 N–H and O–H groups in total. The number of hydrogen-bond acceptors (Lipinski definition) is 4. The molecule has 1 saturated heterocycles. The van der Waals surface area contributed by atoms with Crippen LogP contribution in [0.2, 0.25) is 0 Å². The van der Waals surface area contributed by atoms with Crippen molar-refractivity contribution in [3.05, 3.63) is 48.8 Å². The van der Waals surface area contributed by atoms with Gasteiger partial charge in [-0.15, -0.1) is 0 Å². The summed E-state index contributed by atoms with van der Waals surface area (Å²) in [6.45, 7) is 3.87. The fourth-order valence-electron chi connectivity index (χ4n) is 2.83. The Balaban J connectivity index is 1.54. The second-order valence-corrected chi connectivity index (χ2v) is 5.90. The number of benzene rings is 1. The number of piperidine rings is 1. The van der Waals surface area contributed by atoms with Crippen LogP contribution >= 0.6 is 0 Å². The Hall–Kier alpha value is -2.76. The van der Waals surface area contributed by atoms with E-state index in [-0.39, 0.29) is 12.1 Å². The molecular weight excluding hydrogens is 318 g/mol. The van der Waals surface area contributed by atoms with Gasteiger partial charge in [-0.05, 0) is 56.2 Å². The molecule has 6 heteroatoms. The molecule has 1 aliphatic heterocycles. The third kappa shape index (κ3) is 4.86. The van der Waals surface area contributed by atoms with Crippen LogP contribution in [0.15, 0.2) is 48.8 Å². The third-order valence-electron chi connectivity index (χ3n) is 4.03. The summed E-state index contributed by atoms with van der Waals surface area (Å²) in [7, 11) is 0. The van der Waals surface area contributed by atoms with E-state index < -0.39 is 0 Å². The Labute approximate surface area is 147 Å². The van der Waals surface area contributed by atoms with Gasteiger partial charge in [-0.2, -0.15) is 0 Å². The quantitative estimate of drug-likeness (QED) is 0.903. The fourth-order valence-corrected chi connectivity index (χ4v) is 2.83. The summed E-state index contributed by atoms with van der Waals surface area (Å²) in [5.74, 6) is 1.58. The maximum atomic E-state index is 12.5. The molecule has 0 radical (unpaired) electrons. The van der Waals surface area contributed by atoms with Crippen molar-refractivity contribution in [3.8, 4) is 11.5 Å². The lowest BCUT2D eigenvalue weighted by molar-refractivity contribution is 0.106. The van der Waals surface area contributed by atoms with Crippen molar-refractivity contribution in [2.24, 2.45) is 0 Å². The zero-order chi connectivity index (χ0) is 17.5. The highest BCUT2D eigenvalue weighted by atomic mass is 16.5. The molecule has 1 unspecified atom stereocenters. The number of likely N-dealkylation sites (tertiary alicyclic amines) is 1. The number of nitrogens with zero attached hydrogens (tertiary/aromatic N) is 2. The standard InChI is InChI=1S/C19H23N3O3/c1-2-24-16-7-5-15(6-8-16)21-19(23)22-13-3-4-18(14-22)25-17-9-11-20-12-10-17/h5-12,18H,2-4,13-14H2,1H3,(H,21,23). The van der Waals surface area contributed by atoms with Crippen LogP contribution in [0.1, 0.15) is 19.8 Å². The Morgan fingerprint density at radius 1 is 1.20 bits per heavy atom. The highest BCUT2D eigenvalue weighted by molar-refractivity contribution is 5.89. The normalized spacial score (nSPS) is 17.0. The molecule has 3 rings (SSSR count). The van der Waals surface area contributed by atoms with E-state index in [0.29, 0.717) is 13.2 Å². The minimum Gasteiger partial charge on any atom is -0.494 e. The number of urea groups is 1. The van der Waals surface area contributed by atoms with Crippen molar-refractivity contribution >= 4 is 11.7 Å². The first kappa shape index (κ1) is 17.1. The van der Waals surface area contributed by atoms with Crippen LogP contribution in [-0.4, -0.2) is 41.7 Å². The van der Waals surface area contributed by atoms with Gasteiger partial charge < -0.3 is 19.7 Å². The summed E-state index contributed by atoms with van der Waals surface area (Å²) in [5.41, 5.74) is 0.755. The molecule has 1 aliphatic rings. The van der Waals surface area contributed by atoms with E-state index in [1.54, 1.807) is 17.3 Å². The molecule has 2 aromatic rings. The Morgan fingerprint density at radius 2 is 1.96 bits per heavy atom. The van der Waals surface area contributed by atoms with Crippen LogP contribution in [0.25, 0.3) is 0 Å². The molecule has 1 aromatic carbocycles. The zero-order valence-corrected chi connectivity index (χ0v) is 14.4. The molecule has 0 saturated carbocycles. The van der Waals surface area contributed by atoms with Crippen LogP contribution in [0.4, 0.5) is 10.5 Å². The lowest BCUT2D eigenvalue weighted by Crippen LogP contribution is -2.46. The average Bonchev–Trinajstić information content (AvgIpc) is 2.65. The number of amides is 2. The highest BCUT2D eigenvalue weighted by Gasteiger charge is 2.25. The predicted molar refractivity (Wildman–Crippen MR) is 96.1 cm³/mol. The second-order valence-electron chi connectivity index (χ2n) is 5.90. The Kier molecular flexibility index (Phi) is 5.72. The van der Waals surface area contributed by atoms with Crippen molar-refractivity contribution in [2.75, 3.05) is 25.0 Å². The molecule has 1 atom stereocenters. The van der Waals surface area contributed by atoms with Gasteiger partial charge in [-0.25, -0.2) is 4.79 Å². The van der Waals surface area contributed by atoms with Crippen molar-refractivity contribution in [1.82, 2.24) is 9.88 Å². The molecule has 132 valence electrons. The molecule has 2 amide bonds. The number of anilines is 1. The summed E-state index contributed by atoms with van der Waals surface area (Å²) in [6, 6.07) is 11.0. The zero-order valence-electron chi connectivity index (χ0n) is 14.4. The highest BCUT2D eigenvalue weighted by Crippen LogP contribution is 2.20. The Bertz CT molecular complexity index is 676. The summed E-state index contributed by atoms with van der Waals surface area (Å²) in [4.78, 5) is 18.3. The minimum atomic E-state index is -0.104. The monoisotopic (exact) mass is 341 g/mol. The number of ether oxygens (including phenoxy) is 2. The predicted octanol–water partition coefficient (Wildman–Crippen LogP) is 3.56. The molecule has 0 aliphatic carbocycles. The number of pyridine rings is 1. The first-order valence-electron chi connectivity index (χ1n) is 8.60. The van der Waals surface area contributed by atoms with Gasteiger partial charge in [0.1, 0.15) is 17.6 Å². The Morgan fingerprint density at radius 3 is 2.68 bits per heavy atom. The SMILES string of the molecule is CCOc1ccc(NC(=O)N2CCCC(Oc3ccncc3)C2)cc1. The average molecular weight is 341 g/mol. The van der Waals surface area contributed by atoms with E-state index in [9.17, 15) is 4.79 Å². The maximum absolute atomic E-state index is 12.5. The third-order valence-corrected chi connectivity index (χ3v) is 4.03. The van der Waals surface area contributed by atoms with E-state index in [2.05, 4.69) is 10.3 Å². The molecule has 1 aromatic heterocycles. The van der Waals surface area contributed by atoms with Crippen molar-refractivity contribution in [3.63, 3.8) is 0 Å². The molecule has 1 fully saturated rings. The summed E-state index contributed by atoms with van der Waals surface area (Å²) in [5, 5.41) is 2.93. The van der Waals surface area contributed by atoms with E-state index in [1.165, 1.54) is 0 Å². The van der Waals surface area contributed by atoms with Crippen molar-refractivity contribution < 1.29 is 14.3 Å². The van der Waals surface area contributed by atoms with Crippen LogP contribution in [0, 0.1) is 0 Å². The van der Waals surface area contributed by atoms with Gasteiger partial charge in [0.15, 0.2) is 0 Å². The molecule has 2 heterocycles. The van der Waals surface area contributed by atoms with E-state index in [4.69, 9.17) is 9.47 Å². The fraction of sp³-hybridized carbons (Fsp3) is 0.368. The van der Waals surface area contributed by atoms with Gasteiger partial charge in [-0.1, -0.05) is 0 Å². The first-order valence-corrected chi connectivity index (χ1v) is 8.60. The molecule has 25 heavy (non-hydrogen) atoms. The van der Waals surface area contributed by atoms with Crippen molar-refractivity contribution in [1.29, 1.82) is 0 Å². The smallest absolute Gasteiger partial charge is 0.321 e. The first-order chi connectivity index (χ1) is 12.2. The van der Waals surface area contributed by atoms with Crippen LogP contribution in [0.5, 0.6) is 11.5 Å². The van der Waals surface area contributed by atoms with Gasteiger partial charge >= 0.3 is 6.03 Å². The largest absolute Gasteiger partial charge is 0.494 e. The van der Waals surface area contributed by atoms with Gasteiger partial charge in [-0.3, -0.25) is 4.98 Å². The number of aromatic nitrogens is 1. The van der Waals surface area contributed by atoms with E-state index >= 15 is 0 Å². The number of carbonyl (C=O) groups is 1. The summed E-state index contributed by atoms with van der Waals surface area (Å²) in [6.07, 6.45) is 5.27. The summed E-state index contributed by atoms with van der Waals surface area (Å²) >= 11 is 0. The number of nitrogens with one attached hydrogen (secondary N) is 1. The number of carbonyl (C=O) groups excluding carboxylic acids is 1. The minimum absolute atomic E-state index is 0.00206. The lowest BCUT2D eigenvalue weighted by atomic mass is 10.1. The second kappa shape index (κ2) is 8.37. The molecule has 0 bridgehead atoms. The van der Waals surface area contributed by atoms with Gasteiger partial charge in [0.2, 0.25) is 0 Å². The van der Waals surface area contributed by atoms with E-state index in [1.807, 2.05) is 43.3 Å². The molecular formula is C19H23N3O3.